The van der Waals surface area contributed by atoms with Gasteiger partial charge >= 0.3 is 0 Å². The molecule has 0 atom stereocenters. The molecule has 0 saturated heterocycles. The Kier molecular flexibility index (Phi) is 3.69. The van der Waals surface area contributed by atoms with Crippen LogP contribution < -0.4 is 5.73 Å². The number of nitrogens with zero attached hydrogens (tertiary/aromatic N) is 3. The molecule has 0 aliphatic heterocycles. The van der Waals surface area contributed by atoms with Crippen molar-refractivity contribution >= 4 is 39.1 Å². The zero-order valence-corrected chi connectivity index (χ0v) is 12.9. The third kappa shape index (κ3) is 2.69. The van der Waals surface area contributed by atoms with Crippen LogP contribution >= 0.6 is 39.1 Å². The molecule has 1 heterocycles. The molecule has 1 aromatic heterocycles. The molecule has 0 unspecified atom stereocenters. The van der Waals surface area contributed by atoms with E-state index in [0.717, 1.165) is 4.47 Å². The predicted octanol–water partition coefficient (Wildman–Crippen LogP) is 3.53. The van der Waals surface area contributed by atoms with Crippen molar-refractivity contribution in [2.24, 2.45) is 5.73 Å². The van der Waals surface area contributed by atoms with Gasteiger partial charge in [-0.2, -0.15) is 0 Å². The number of benzene rings is 1. The molecule has 0 bridgehead atoms. The zero-order chi connectivity index (χ0) is 13.5. The summed E-state index contributed by atoms with van der Waals surface area (Å²) < 4.78 is 2.34. The van der Waals surface area contributed by atoms with E-state index in [1.807, 2.05) is 13.8 Å². The molecule has 0 aliphatic carbocycles. The molecule has 7 heteroatoms. The van der Waals surface area contributed by atoms with E-state index >= 15 is 0 Å². The highest BCUT2D eigenvalue weighted by atomic mass is 79.9. The summed E-state index contributed by atoms with van der Waals surface area (Å²) in [6, 6.07) is 3.50. The summed E-state index contributed by atoms with van der Waals surface area (Å²) in [7, 11) is 0. The average Bonchev–Trinajstić information content (AvgIpc) is 2.64. The Morgan fingerprint density at radius 3 is 2.28 bits per heavy atom. The number of rotatable bonds is 2. The Morgan fingerprint density at radius 1 is 1.28 bits per heavy atom. The van der Waals surface area contributed by atoms with Gasteiger partial charge in [-0.3, -0.25) is 0 Å². The second kappa shape index (κ2) is 4.81. The molecule has 0 radical (unpaired) electrons. The van der Waals surface area contributed by atoms with Crippen molar-refractivity contribution < 1.29 is 0 Å². The average molecular weight is 350 g/mol. The Morgan fingerprint density at radius 2 is 1.83 bits per heavy atom. The van der Waals surface area contributed by atoms with Crippen LogP contribution in [0.4, 0.5) is 0 Å². The molecular weight excluding hydrogens is 339 g/mol. The largest absolute Gasteiger partial charge is 0.320 e. The van der Waals surface area contributed by atoms with Crippen molar-refractivity contribution in [2.75, 3.05) is 0 Å². The van der Waals surface area contributed by atoms with E-state index < -0.39 is 5.54 Å². The van der Waals surface area contributed by atoms with Gasteiger partial charge in [0.25, 0.3) is 0 Å². The quantitative estimate of drug-likeness (QED) is 0.902. The van der Waals surface area contributed by atoms with E-state index in [0.29, 0.717) is 21.4 Å². The van der Waals surface area contributed by atoms with Gasteiger partial charge in [-0.1, -0.05) is 44.3 Å². The van der Waals surface area contributed by atoms with E-state index in [9.17, 15) is 0 Å². The molecule has 0 fully saturated rings. The lowest BCUT2D eigenvalue weighted by molar-refractivity contribution is 0.533. The first-order chi connectivity index (χ1) is 8.29. The molecule has 4 nitrogen and oxygen atoms in total. The second-order valence-electron chi connectivity index (χ2n) is 4.49. The Hall–Kier alpha value is -0.620. The molecule has 2 N–H and O–H groups in total. The van der Waals surface area contributed by atoms with Crippen LogP contribution in [0.2, 0.25) is 10.0 Å². The van der Waals surface area contributed by atoms with Crippen LogP contribution in [0, 0.1) is 0 Å². The zero-order valence-electron chi connectivity index (χ0n) is 9.78. The van der Waals surface area contributed by atoms with Crippen molar-refractivity contribution in [2.45, 2.75) is 19.4 Å². The SMILES string of the molecule is CC(C)(N)c1cn(-c2c(Cl)cc(Br)cc2Cl)nn1. The lowest BCUT2D eigenvalue weighted by Crippen LogP contribution is -2.29. The van der Waals surface area contributed by atoms with E-state index in [1.54, 1.807) is 18.3 Å². The molecule has 18 heavy (non-hydrogen) atoms. The highest BCUT2D eigenvalue weighted by molar-refractivity contribution is 9.10. The second-order valence-corrected chi connectivity index (χ2v) is 6.22. The van der Waals surface area contributed by atoms with Crippen LogP contribution in [0.1, 0.15) is 19.5 Å². The Balaban J connectivity index is 2.53. The van der Waals surface area contributed by atoms with Gasteiger partial charge in [0.15, 0.2) is 0 Å². The van der Waals surface area contributed by atoms with Crippen LogP contribution in [-0.2, 0) is 5.54 Å². The van der Waals surface area contributed by atoms with Crippen molar-refractivity contribution in [3.63, 3.8) is 0 Å². The van der Waals surface area contributed by atoms with Gasteiger partial charge in [-0.25, -0.2) is 4.68 Å². The summed E-state index contributed by atoms with van der Waals surface area (Å²) in [6.45, 7) is 3.71. The van der Waals surface area contributed by atoms with Crippen LogP contribution in [0.25, 0.3) is 5.69 Å². The summed E-state index contributed by atoms with van der Waals surface area (Å²) in [5.41, 5.74) is 6.65. The summed E-state index contributed by atoms with van der Waals surface area (Å²) in [5.74, 6) is 0. The van der Waals surface area contributed by atoms with Gasteiger partial charge in [-0.05, 0) is 26.0 Å². The number of aromatic nitrogens is 3. The molecule has 2 rings (SSSR count). The lowest BCUT2D eigenvalue weighted by Gasteiger charge is -2.13. The lowest BCUT2D eigenvalue weighted by atomic mass is 10.0. The summed E-state index contributed by atoms with van der Waals surface area (Å²) in [6.07, 6.45) is 1.72. The molecule has 0 aliphatic rings. The number of nitrogens with two attached hydrogens (primary N) is 1. The van der Waals surface area contributed by atoms with Crippen LogP contribution in [-0.4, -0.2) is 15.0 Å². The van der Waals surface area contributed by atoms with Crippen LogP contribution in [0.15, 0.2) is 22.8 Å². The Labute approximate surface area is 123 Å². The molecule has 0 saturated carbocycles. The smallest absolute Gasteiger partial charge is 0.104 e. The topological polar surface area (TPSA) is 56.7 Å². The van der Waals surface area contributed by atoms with Gasteiger partial charge < -0.3 is 5.73 Å². The predicted molar refractivity (Wildman–Crippen MR) is 76.3 cm³/mol. The maximum Gasteiger partial charge on any atom is 0.104 e. The first-order valence-electron chi connectivity index (χ1n) is 5.15. The number of hydrogen-bond acceptors (Lipinski definition) is 3. The molecule has 96 valence electrons. The van der Waals surface area contributed by atoms with Crippen molar-refractivity contribution in [3.8, 4) is 5.69 Å². The van der Waals surface area contributed by atoms with E-state index in [4.69, 9.17) is 28.9 Å². The van der Waals surface area contributed by atoms with E-state index in [1.165, 1.54) is 4.68 Å². The molecule has 2 aromatic rings. The fraction of sp³-hybridized carbons (Fsp3) is 0.273. The van der Waals surface area contributed by atoms with Crippen LogP contribution in [0.5, 0.6) is 0 Å². The van der Waals surface area contributed by atoms with Gasteiger partial charge in [0.05, 0.1) is 21.8 Å². The minimum absolute atomic E-state index is 0.487. The third-order valence-electron chi connectivity index (χ3n) is 2.36. The minimum Gasteiger partial charge on any atom is -0.320 e. The number of hydrogen-bond donors (Lipinski definition) is 1. The van der Waals surface area contributed by atoms with E-state index in [-0.39, 0.29) is 0 Å². The highest BCUT2D eigenvalue weighted by Gasteiger charge is 2.20. The maximum absolute atomic E-state index is 6.16. The summed E-state index contributed by atoms with van der Waals surface area (Å²) in [5, 5.41) is 9.01. The van der Waals surface area contributed by atoms with Crippen molar-refractivity contribution in [3.05, 3.63) is 38.5 Å². The fourth-order valence-corrected chi connectivity index (χ4v) is 2.80. The fourth-order valence-electron chi connectivity index (χ4n) is 1.42. The molecule has 0 spiro atoms. The maximum atomic E-state index is 6.16. The van der Waals surface area contributed by atoms with Crippen molar-refractivity contribution in [1.29, 1.82) is 0 Å². The Bertz CT molecular complexity index is 566. The molecule has 1 aromatic carbocycles. The van der Waals surface area contributed by atoms with Gasteiger partial charge in [0.1, 0.15) is 11.4 Å². The van der Waals surface area contributed by atoms with Crippen LogP contribution in [0.3, 0.4) is 0 Å². The summed E-state index contributed by atoms with van der Waals surface area (Å²) in [4.78, 5) is 0. The van der Waals surface area contributed by atoms with Gasteiger partial charge in [-0.15, -0.1) is 5.10 Å². The third-order valence-corrected chi connectivity index (χ3v) is 3.40. The van der Waals surface area contributed by atoms with E-state index in [2.05, 4.69) is 26.2 Å². The normalized spacial score (nSPS) is 11.9. The first kappa shape index (κ1) is 13.8. The van der Waals surface area contributed by atoms with Crippen molar-refractivity contribution in [1.82, 2.24) is 15.0 Å². The minimum atomic E-state index is -0.563. The van der Waals surface area contributed by atoms with Gasteiger partial charge in [0, 0.05) is 4.47 Å². The molecule has 0 amide bonds. The number of halogens is 3. The molecular formula is C11H11BrCl2N4. The standard InChI is InChI=1S/C11H11BrCl2N4/c1-11(2,15)9-5-18(17-16-9)10-7(13)3-6(12)4-8(10)14/h3-5H,15H2,1-2H3. The summed E-state index contributed by atoms with van der Waals surface area (Å²) >= 11 is 15.6. The first-order valence-corrected chi connectivity index (χ1v) is 6.70. The highest BCUT2D eigenvalue weighted by Crippen LogP contribution is 2.32. The van der Waals surface area contributed by atoms with Gasteiger partial charge in [0.2, 0.25) is 0 Å². The monoisotopic (exact) mass is 348 g/mol.